The maximum absolute atomic E-state index is 14.2. The predicted octanol–water partition coefficient (Wildman–Crippen LogP) is 0.114. The highest BCUT2D eigenvalue weighted by Crippen LogP contribution is 2.28. The SMILES string of the molecule is CN(c1ncccc1CNc1nc(Nc2cccc(C(=O)N(CCO)CCO)c2)ncc1C(O)(O)F)S(C)(=O)=O. The first-order valence-electron chi connectivity index (χ1n) is 11.9. The number of amides is 1. The number of aliphatic hydroxyl groups excluding tert-OH is 2. The van der Waals surface area contributed by atoms with Crippen LogP contribution in [0.2, 0.25) is 0 Å². The molecule has 1 aromatic carbocycles. The lowest BCUT2D eigenvalue weighted by Crippen LogP contribution is -2.35. The number of sulfonamides is 1. The summed E-state index contributed by atoms with van der Waals surface area (Å²) in [6.07, 6.45) is 3.26. The summed E-state index contributed by atoms with van der Waals surface area (Å²) in [5.41, 5.74) is 0.291. The van der Waals surface area contributed by atoms with Crippen LogP contribution in [0.25, 0.3) is 0 Å². The van der Waals surface area contributed by atoms with Gasteiger partial charge in [-0.2, -0.15) is 9.37 Å². The smallest absolute Gasteiger partial charge is 0.348 e. The summed E-state index contributed by atoms with van der Waals surface area (Å²) < 4.78 is 39.1. The Balaban J connectivity index is 1.88. The van der Waals surface area contributed by atoms with Crippen LogP contribution < -0.4 is 14.9 Å². The number of anilines is 4. The van der Waals surface area contributed by atoms with Crippen molar-refractivity contribution in [2.24, 2.45) is 0 Å². The normalized spacial score (nSPS) is 11.7. The molecule has 2 heterocycles. The van der Waals surface area contributed by atoms with E-state index in [0.717, 1.165) is 16.8 Å². The zero-order valence-electron chi connectivity index (χ0n) is 21.7. The highest BCUT2D eigenvalue weighted by atomic mass is 32.2. The highest BCUT2D eigenvalue weighted by Gasteiger charge is 2.30. The van der Waals surface area contributed by atoms with E-state index >= 15 is 0 Å². The molecule has 0 bridgehead atoms. The molecule has 6 N–H and O–H groups in total. The van der Waals surface area contributed by atoms with Crippen LogP contribution >= 0.6 is 0 Å². The van der Waals surface area contributed by atoms with Crippen molar-refractivity contribution in [1.29, 1.82) is 0 Å². The molecule has 0 aliphatic heterocycles. The van der Waals surface area contributed by atoms with Gasteiger partial charge in [-0.3, -0.25) is 9.10 Å². The van der Waals surface area contributed by atoms with Crippen LogP contribution in [0.4, 0.5) is 27.7 Å². The van der Waals surface area contributed by atoms with Crippen molar-refractivity contribution in [3.05, 3.63) is 65.5 Å². The quantitative estimate of drug-likeness (QED) is 0.150. The fraction of sp³-hybridized carbons (Fsp3) is 0.333. The van der Waals surface area contributed by atoms with Crippen LogP contribution in [0.3, 0.4) is 0 Å². The van der Waals surface area contributed by atoms with Crippen molar-refractivity contribution in [1.82, 2.24) is 19.9 Å². The number of aromatic nitrogens is 3. The molecule has 3 rings (SSSR count). The van der Waals surface area contributed by atoms with Gasteiger partial charge in [-0.1, -0.05) is 12.1 Å². The van der Waals surface area contributed by atoms with E-state index < -0.39 is 27.5 Å². The molecule has 0 aliphatic rings. The van der Waals surface area contributed by atoms with Gasteiger partial charge in [-0.15, -0.1) is 0 Å². The molecule has 0 radical (unpaired) electrons. The molecule has 14 nitrogen and oxygen atoms in total. The molecule has 2 aromatic heterocycles. The van der Waals surface area contributed by atoms with Gasteiger partial charge in [0, 0.05) is 55.9 Å². The molecule has 1 amide bonds. The Morgan fingerprint density at radius 2 is 1.80 bits per heavy atom. The van der Waals surface area contributed by atoms with Crippen LogP contribution in [-0.4, -0.2) is 94.2 Å². The number of alkyl halides is 1. The lowest BCUT2D eigenvalue weighted by Gasteiger charge is -2.21. The molecule has 16 heteroatoms. The van der Waals surface area contributed by atoms with E-state index in [1.807, 2.05) is 0 Å². The van der Waals surface area contributed by atoms with Crippen molar-refractivity contribution >= 4 is 39.2 Å². The summed E-state index contributed by atoms with van der Waals surface area (Å²) >= 11 is 0. The van der Waals surface area contributed by atoms with Gasteiger partial charge in [0.15, 0.2) is 0 Å². The molecule has 0 saturated carbocycles. The number of carbonyl (C=O) groups is 1. The minimum Gasteiger partial charge on any atom is -0.395 e. The van der Waals surface area contributed by atoms with Crippen molar-refractivity contribution in [2.75, 3.05) is 54.5 Å². The summed E-state index contributed by atoms with van der Waals surface area (Å²) in [7, 11) is -2.32. The number of hydrogen-bond acceptors (Lipinski definition) is 12. The summed E-state index contributed by atoms with van der Waals surface area (Å²) in [6.45, 7) is -0.629. The minimum absolute atomic E-state index is 0.0303. The Bertz CT molecular complexity index is 1430. The summed E-state index contributed by atoms with van der Waals surface area (Å²) in [4.78, 5) is 26.2. The van der Waals surface area contributed by atoms with E-state index in [9.17, 15) is 38.0 Å². The van der Waals surface area contributed by atoms with Crippen LogP contribution in [-0.2, 0) is 22.6 Å². The predicted molar refractivity (Wildman–Crippen MR) is 144 cm³/mol. The molecule has 0 fully saturated rings. The van der Waals surface area contributed by atoms with Crippen molar-refractivity contribution < 1.29 is 38.0 Å². The topological polar surface area (TPSA) is 201 Å². The second kappa shape index (κ2) is 12.9. The first-order chi connectivity index (χ1) is 18.8. The van der Waals surface area contributed by atoms with E-state index in [1.165, 1.54) is 24.2 Å². The summed E-state index contributed by atoms with van der Waals surface area (Å²) in [5.74, 6) is -0.739. The molecule has 40 heavy (non-hydrogen) atoms. The lowest BCUT2D eigenvalue weighted by molar-refractivity contribution is -0.269. The fourth-order valence-corrected chi connectivity index (χ4v) is 4.07. The number of carbonyl (C=O) groups excluding carboxylic acids is 1. The van der Waals surface area contributed by atoms with Gasteiger partial charge in [0.1, 0.15) is 17.2 Å². The van der Waals surface area contributed by atoms with E-state index in [4.69, 9.17) is 0 Å². The number of nitrogens with zero attached hydrogens (tertiary/aromatic N) is 5. The average Bonchev–Trinajstić information content (AvgIpc) is 2.90. The molecule has 0 aliphatic carbocycles. The van der Waals surface area contributed by atoms with Crippen LogP contribution in [0.15, 0.2) is 48.8 Å². The van der Waals surface area contributed by atoms with Crippen molar-refractivity contribution in [3.63, 3.8) is 0 Å². The molecule has 0 unspecified atom stereocenters. The van der Waals surface area contributed by atoms with Gasteiger partial charge in [0.2, 0.25) is 16.0 Å². The zero-order valence-corrected chi connectivity index (χ0v) is 22.5. The van der Waals surface area contributed by atoms with Crippen molar-refractivity contribution in [2.45, 2.75) is 12.6 Å². The summed E-state index contributed by atoms with van der Waals surface area (Å²) in [6, 6.07) is 5.56. The summed E-state index contributed by atoms with van der Waals surface area (Å²) in [5, 5.41) is 43.2. The van der Waals surface area contributed by atoms with Crippen LogP contribution in [0, 0.1) is 0 Å². The number of benzene rings is 1. The van der Waals surface area contributed by atoms with E-state index in [0.29, 0.717) is 11.3 Å². The number of nitrogens with one attached hydrogen (secondary N) is 2. The first-order valence-corrected chi connectivity index (χ1v) is 13.7. The third-order valence-corrected chi connectivity index (χ3v) is 6.80. The third-order valence-electron chi connectivity index (χ3n) is 5.63. The molecule has 0 saturated heterocycles. The molecule has 216 valence electrons. The second-order valence-corrected chi connectivity index (χ2v) is 10.6. The van der Waals surface area contributed by atoms with E-state index in [-0.39, 0.29) is 56.0 Å². The maximum Gasteiger partial charge on any atom is 0.348 e. The number of hydrogen-bond donors (Lipinski definition) is 6. The fourth-order valence-electron chi connectivity index (χ4n) is 3.60. The Morgan fingerprint density at radius 1 is 1.10 bits per heavy atom. The Labute approximate surface area is 229 Å². The first kappa shape index (κ1) is 30.6. The molecule has 0 spiro atoms. The highest BCUT2D eigenvalue weighted by molar-refractivity contribution is 7.92. The molecular formula is C24H30FN7O7S. The number of halogens is 1. The van der Waals surface area contributed by atoms with Gasteiger partial charge in [-0.05, 0) is 24.3 Å². The number of aliphatic hydroxyl groups is 4. The van der Waals surface area contributed by atoms with Crippen LogP contribution in [0.1, 0.15) is 21.5 Å². The molecule has 0 atom stereocenters. The third kappa shape index (κ3) is 7.80. The van der Waals surface area contributed by atoms with Gasteiger partial charge in [0.05, 0.1) is 19.5 Å². The largest absolute Gasteiger partial charge is 0.395 e. The lowest BCUT2D eigenvalue weighted by atomic mass is 10.1. The second-order valence-electron chi connectivity index (χ2n) is 8.56. The molecular weight excluding hydrogens is 549 g/mol. The Hall–Kier alpha value is -3.96. The Kier molecular flexibility index (Phi) is 9.88. The molecule has 3 aromatic rings. The number of pyridine rings is 1. The standard InChI is InChI=1S/C24H30FN7O7S/c1-31(40(2,38)39)21-17(6-4-8-26-21)14-27-20-19(24(25,36)37)15-28-23(30-20)29-18-7-3-5-16(13-18)22(35)32(9-11-33)10-12-34/h3-8,13,15,33-34,36-37H,9-12,14H2,1-2H3,(H2,27,28,29,30). The zero-order chi connectivity index (χ0) is 29.5. The monoisotopic (exact) mass is 579 g/mol. The van der Waals surface area contributed by atoms with Gasteiger partial charge < -0.3 is 36.0 Å². The maximum atomic E-state index is 14.2. The Morgan fingerprint density at radius 3 is 2.42 bits per heavy atom. The van der Waals surface area contributed by atoms with E-state index in [1.54, 1.807) is 30.3 Å². The van der Waals surface area contributed by atoms with E-state index in [2.05, 4.69) is 25.6 Å². The van der Waals surface area contributed by atoms with Gasteiger partial charge in [-0.25, -0.2) is 18.4 Å². The van der Waals surface area contributed by atoms with Gasteiger partial charge in [0.25, 0.3) is 5.91 Å². The average molecular weight is 580 g/mol. The van der Waals surface area contributed by atoms with Crippen LogP contribution in [0.5, 0.6) is 0 Å². The minimum atomic E-state index is -3.79. The number of rotatable bonds is 13. The van der Waals surface area contributed by atoms with Gasteiger partial charge >= 0.3 is 6.04 Å². The van der Waals surface area contributed by atoms with Crippen molar-refractivity contribution in [3.8, 4) is 0 Å².